The molecule has 0 aromatic heterocycles. The van der Waals surface area contributed by atoms with Gasteiger partial charge in [0.05, 0.1) is 21.6 Å². The van der Waals surface area contributed by atoms with Crippen molar-refractivity contribution in [1.82, 2.24) is 0 Å². The Bertz CT molecular complexity index is 876. The molecule has 126 valence electrons. The lowest BCUT2D eigenvalue weighted by Crippen LogP contribution is -2.06. The molecule has 0 aliphatic heterocycles. The minimum Gasteiger partial charge on any atom is -0.323 e. The highest BCUT2D eigenvalue weighted by atomic mass is 16.6. The molecule has 1 N–H and O–H groups in total. The van der Waals surface area contributed by atoms with E-state index in [2.05, 4.69) is 22.1 Å². The van der Waals surface area contributed by atoms with E-state index in [1.165, 1.54) is 0 Å². The second-order valence-corrected chi connectivity index (χ2v) is 4.63. The van der Waals surface area contributed by atoms with Crippen molar-refractivity contribution >= 4 is 34.3 Å². The Morgan fingerprint density at radius 2 is 1.72 bits per heavy atom. The van der Waals surface area contributed by atoms with Gasteiger partial charge in [0.1, 0.15) is 0 Å². The number of anilines is 1. The largest absolute Gasteiger partial charge is 0.323 e. The number of carbonyl (C=O) groups excluding carboxylic acids is 1. The maximum absolute atomic E-state index is 11.2. The highest BCUT2D eigenvalue weighted by Crippen LogP contribution is 2.32. The van der Waals surface area contributed by atoms with Crippen molar-refractivity contribution < 1.29 is 14.6 Å². The van der Waals surface area contributed by atoms with Gasteiger partial charge < -0.3 is 5.32 Å². The molecule has 0 heterocycles. The summed E-state index contributed by atoms with van der Waals surface area (Å²) < 4.78 is 0. The van der Waals surface area contributed by atoms with Crippen molar-refractivity contribution in [2.24, 2.45) is 10.2 Å². The van der Waals surface area contributed by atoms with Crippen LogP contribution in [0.3, 0.4) is 0 Å². The number of non-ortho nitro benzene ring substituents is 1. The molecule has 0 radical (unpaired) electrons. The molecular weight excluding hydrogens is 330 g/mol. The summed E-state index contributed by atoms with van der Waals surface area (Å²) in [6, 6.07) is 9.30. The number of carbonyl (C=O) groups is 1. The van der Waals surface area contributed by atoms with Crippen LogP contribution in [0.25, 0.3) is 0 Å². The van der Waals surface area contributed by atoms with Gasteiger partial charge in [-0.25, -0.2) is 0 Å². The molecule has 0 aliphatic rings. The topological polar surface area (TPSA) is 140 Å². The lowest BCUT2D eigenvalue weighted by Gasteiger charge is -2.01. The van der Waals surface area contributed by atoms with E-state index in [1.54, 1.807) is 24.3 Å². The van der Waals surface area contributed by atoms with Crippen molar-refractivity contribution in [2.45, 2.75) is 0 Å². The molecule has 2 aromatic carbocycles. The first kappa shape index (κ1) is 17.4. The Balaban J connectivity index is 2.24. The highest BCUT2D eigenvalue weighted by molar-refractivity contribution is 5.98. The molecule has 0 saturated heterocycles. The van der Waals surface area contributed by atoms with E-state index < -0.39 is 21.2 Å². The smallest absolute Gasteiger partial charge is 0.303 e. The summed E-state index contributed by atoms with van der Waals surface area (Å²) in [5, 5.41) is 31.9. The number of nitrogens with zero attached hydrogens (tertiary/aromatic N) is 4. The summed E-state index contributed by atoms with van der Waals surface area (Å²) in [6.45, 7) is 3.33. The van der Waals surface area contributed by atoms with Crippen LogP contribution in [0.2, 0.25) is 0 Å². The average molecular weight is 341 g/mol. The van der Waals surface area contributed by atoms with Crippen molar-refractivity contribution in [3.05, 3.63) is 75.3 Å². The van der Waals surface area contributed by atoms with Gasteiger partial charge in [-0.2, -0.15) is 5.11 Å². The summed E-state index contributed by atoms with van der Waals surface area (Å²) in [5.41, 5.74) is -0.144. The number of rotatable bonds is 6. The monoisotopic (exact) mass is 341 g/mol. The van der Waals surface area contributed by atoms with E-state index in [0.717, 1.165) is 24.3 Å². The van der Waals surface area contributed by atoms with Crippen LogP contribution in [-0.2, 0) is 4.79 Å². The minimum atomic E-state index is -0.769. The summed E-state index contributed by atoms with van der Waals surface area (Å²) in [6.07, 6.45) is 1.13. The van der Waals surface area contributed by atoms with E-state index in [1.807, 2.05) is 0 Å². The van der Waals surface area contributed by atoms with Crippen LogP contribution in [0, 0.1) is 20.2 Å². The molecule has 2 rings (SSSR count). The number of hydrogen-bond donors (Lipinski definition) is 1. The number of amides is 1. The molecule has 10 heteroatoms. The first-order chi connectivity index (χ1) is 11.9. The quantitative estimate of drug-likeness (QED) is 0.365. The van der Waals surface area contributed by atoms with Gasteiger partial charge in [0.2, 0.25) is 5.91 Å². The van der Waals surface area contributed by atoms with Gasteiger partial charge in [-0.3, -0.25) is 25.0 Å². The molecule has 0 saturated carbocycles. The van der Waals surface area contributed by atoms with E-state index in [4.69, 9.17) is 0 Å². The molecule has 25 heavy (non-hydrogen) atoms. The zero-order chi connectivity index (χ0) is 18.4. The number of azo groups is 1. The third-order valence-corrected chi connectivity index (χ3v) is 2.96. The van der Waals surface area contributed by atoms with Gasteiger partial charge in [0.25, 0.3) is 5.69 Å². The van der Waals surface area contributed by atoms with Crippen LogP contribution < -0.4 is 5.32 Å². The lowest BCUT2D eigenvalue weighted by molar-refractivity contribution is -0.393. The molecule has 0 unspecified atom stereocenters. The maximum Gasteiger partial charge on any atom is 0.303 e. The van der Waals surface area contributed by atoms with Crippen LogP contribution in [0.15, 0.2) is 65.3 Å². The molecule has 2 aromatic rings. The van der Waals surface area contributed by atoms with E-state index in [9.17, 15) is 25.0 Å². The van der Waals surface area contributed by atoms with Crippen molar-refractivity contribution in [3.63, 3.8) is 0 Å². The predicted molar refractivity (Wildman–Crippen MR) is 89.2 cm³/mol. The Hall–Kier alpha value is -3.95. The highest BCUT2D eigenvalue weighted by Gasteiger charge is 2.19. The van der Waals surface area contributed by atoms with Gasteiger partial charge >= 0.3 is 5.69 Å². The first-order valence-electron chi connectivity index (χ1n) is 6.79. The third kappa shape index (κ3) is 4.51. The molecule has 0 aliphatic carbocycles. The standard InChI is InChI=1S/C15H11N5O5/c1-2-15(21)16-10-3-5-11(6-4-10)17-18-13-8-7-12(19(22)23)9-14(13)20(24)25/h2-9H,1H2,(H,16,21). The van der Waals surface area contributed by atoms with Crippen LogP contribution in [0.1, 0.15) is 0 Å². The summed E-state index contributed by atoms with van der Waals surface area (Å²) in [7, 11) is 0. The Morgan fingerprint density at radius 3 is 2.28 bits per heavy atom. The van der Waals surface area contributed by atoms with E-state index in [-0.39, 0.29) is 11.6 Å². The zero-order valence-corrected chi connectivity index (χ0v) is 12.7. The molecule has 10 nitrogen and oxygen atoms in total. The van der Waals surface area contributed by atoms with Crippen LogP contribution >= 0.6 is 0 Å². The maximum atomic E-state index is 11.2. The fourth-order valence-electron chi connectivity index (χ4n) is 1.77. The molecule has 0 atom stereocenters. The average Bonchev–Trinajstić information content (AvgIpc) is 2.60. The second-order valence-electron chi connectivity index (χ2n) is 4.63. The molecule has 0 spiro atoms. The third-order valence-electron chi connectivity index (χ3n) is 2.96. The molecular formula is C15H11N5O5. The van der Waals surface area contributed by atoms with Gasteiger partial charge in [0, 0.05) is 11.8 Å². The molecule has 0 bridgehead atoms. The fraction of sp³-hybridized carbons (Fsp3) is 0. The predicted octanol–water partition coefficient (Wildman–Crippen LogP) is 4.04. The summed E-state index contributed by atoms with van der Waals surface area (Å²) in [5.74, 6) is -0.365. The normalized spacial score (nSPS) is 10.4. The molecule has 0 fully saturated rings. The van der Waals surface area contributed by atoms with Gasteiger partial charge in [-0.1, -0.05) is 6.58 Å². The summed E-state index contributed by atoms with van der Waals surface area (Å²) in [4.78, 5) is 31.4. The SMILES string of the molecule is C=CC(=O)Nc1ccc(N=Nc2ccc([N+](=O)[O-])cc2[N+](=O)[O-])cc1. The van der Waals surface area contributed by atoms with Gasteiger partial charge in [-0.15, -0.1) is 5.11 Å². The number of hydrogen-bond acceptors (Lipinski definition) is 7. The Kier molecular flexibility index (Phi) is 5.25. The minimum absolute atomic E-state index is 0.111. The van der Waals surface area contributed by atoms with Gasteiger partial charge in [0.15, 0.2) is 5.69 Å². The van der Waals surface area contributed by atoms with Crippen molar-refractivity contribution in [2.75, 3.05) is 5.32 Å². The molecule has 1 amide bonds. The van der Waals surface area contributed by atoms with Crippen LogP contribution in [0.5, 0.6) is 0 Å². The van der Waals surface area contributed by atoms with E-state index >= 15 is 0 Å². The number of nitro groups is 2. The summed E-state index contributed by atoms with van der Waals surface area (Å²) >= 11 is 0. The van der Waals surface area contributed by atoms with E-state index in [0.29, 0.717) is 11.4 Å². The van der Waals surface area contributed by atoms with Crippen LogP contribution in [-0.4, -0.2) is 15.8 Å². The fourth-order valence-corrected chi connectivity index (χ4v) is 1.77. The van der Waals surface area contributed by atoms with Crippen molar-refractivity contribution in [3.8, 4) is 0 Å². The second kappa shape index (κ2) is 7.55. The van der Waals surface area contributed by atoms with Crippen molar-refractivity contribution in [1.29, 1.82) is 0 Å². The lowest BCUT2D eigenvalue weighted by atomic mass is 10.2. The van der Waals surface area contributed by atoms with Crippen LogP contribution in [0.4, 0.5) is 28.4 Å². The number of nitro benzene ring substituents is 2. The van der Waals surface area contributed by atoms with Gasteiger partial charge in [-0.05, 0) is 36.4 Å². The Labute approximate surface area is 140 Å². The number of nitrogens with one attached hydrogen (secondary N) is 1. The number of benzene rings is 2. The zero-order valence-electron chi connectivity index (χ0n) is 12.7. The Morgan fingerprint density at radius 1 is 1.04 bits per heavy atom. The first-order valence-corrected chi connectivity index (χ1v) is 6.79.